The maximum atomic E-state index is 10.1. The van der Waals surface area contributed by atoms with E-state index in [0.717, 1.165) is 23.9 Å². The van der Waals surface area contributed by atoms with Gasteiger partial charge in [0, 0.05) is 0 Å². The van der Waals surface area contributed by atoms with Gasteiger partial charge in [-0.25, -0.2) is 0 Å². The fourth-order valence-corrected chi connectivity index (χ4v) is 0.932. The summed E-state index contributed by atoms with van der Waals surface area (Å²) in [5, 5.41) is 16.7. The zero-order chi connectivity index (χ0) is 18.4. The van der Waals surface area contributed by atoms with Gasteiger partial charge >= 0.3 is 16.4 Å². The molecule has 0 aliphatic heterocycles. The molecule has 0 heterocycles. The normalized spacial score (nSPS) is 11.8. The van der Waals surface area contributed by atoms with Crippen LogP contribution < -0.4 is 11.5 Å². The molecule has 0 saturated carbocycles. The summed E-state index contributed by atoms with van der Waals surface area (Å²) in [6.45, 7) is 1.72. The molecule has 0 aliphatic rings. The van der Waals surface area contributed by atoms with Gasteiger partial charge < -0.3 is 26.2 Å². The van der Waals surface area contributed by atoms with E-state index in [9.17, 15) is 4.79 Å². The Hall–Kier alpha value is -0.530. The molecule has 12 heteroatoms. The molecule has 10 nitrogen and oxygen atoms in total. The number of unbranched alkanes of at least 4 members (excludes halogenated alkanes) is 1. The molecular formula is C11H31ClN3O7S+. The molecule has 0 aliphatic carbocycles. The third-order valence-corrected chi connectivity index (χ3v) is 2.06. The summed E-state index contributed by atoms with van der Waals surface area (Å²) in [4.78, 5) is 10.1. The molecule has 0 rings (SSSR count). The highest BCUT2D eigenvalue weighted by atomic mass is 35.5. The first-order valence-corrected chi connectivity index (χ1v) is 7.94. The van der Waals surface area contributed by atoms with Crippen molar-refractivity contribution in [2.75, 3.05) is 40.8 Å². The van der Waals surface area contributed by atoms with E-state index in [1.54, 1.807) is 0 Å². The second-order valence-electron chi connectivity index (χ2n) is 5.41. The standard InChI is InChI=1S/C6H14N2O2.C5H14NO.ClH.H2O4S/c7-4-2-1-3-5(8)6(9)10;1-6(2,3)4-5-7;;1-5(2,3)4/h5H,1-4,7-8H2,(H,9,10);7H,4-5H2,1-3H3;1H;(H2,1,2,3,4)/q;+1;;. The Bertz CT molecular complexity index is 366. The number of quaternary nitrogens is 1. The lowest BCUT2D eigenvalue weighted by Crippen LogP contribution is -2.36. The van der Waals surface area contributed by atoms with Crippen LogP contribution in [0.15, 0.2) is 0 Å². The van der Waals surface area contributed by atoms with Gasteiger partial charge in [-0.1, -0.05) is 6.42 Å². The van der Waals surface area contributed by atoms with Gasteiger partial charge in [0.05, 0.1) is 27.7 Å². The van der Waals surface area contributed by atoms with Crippen LogP contribution in [0.25, 0.3) is 0 Å². The highest BCUT2D eigenvalue weighted by molar-refractivity contribution is 7.79. The van der Waals surface area contributed by atoms with E-state index in [4.69, 9.17) is 39.2 Å². The average Bonchev–Trinajstić information content (AvgIpc) is 2.25. The lowest BCUT2D eigenvalue weighted by atomic mass is 10.1. The number of carbonyl (C=O) groups is 1. The van der Waals surface area contributed by atoms with E-state index >= 15 is 0 Å². The van der Waals surface area contributed by atoms with Crippen LogP contribution in [0.2, 0.25) is 0 Å². The molecule has 1 atom stereocenters. The van der Waals surface area contributed by atoms with Gasteiger partial charge in [0.15, 0.2) is 0 Å². The Morgan fingerprint density at radius 2 is 1.57 bits per heavy atom. The number of rotatable bonds is 7. The number of nitrogens with zero attached hydrogens (tertiary/aromatic N) is 1. The van der Waals surface area contributed by atoms with Crippen molar-refractivity contribution in [3.05, 3.63) is 0 Å². The number of aliphatic hydroxyl groups excluding tert-OH is 1. The maximum absolute atomic E-state index is 10.1. The first-order chi connectivity index (χ1) is 9.74. The van der Waals surface area contributed by atoms with Crippen LogP contribution >= 0.6 is 12.4 Å². The quantitative estimate of drug-likeness (QED) is 0.181. The van der Waals surface area contributed by atoms with Crippen LogP contribution in [0.1, 0.15) is 19.3 Å². The van der Waals surface area contributed by atoms with E-state index in [1.807, 2.05) is 0 Å². The molecule has 0 fully saturated rings. The van der Waals surface area contributed by atoms with Gasteiger partial charge in [0.1, 0.15) is 12.6 Å². The van der Waals surface area contributed by atoms with Crippen LogP contribution in [0.5, 0.6) is 0 Å². The fraction of sp³-hybridized carbons (Fsp3) is 0.909. The lowest BCUT2D eigenvalue weighted by molar-refractivity contribution is -0.870. The molecular weight excluding hydrogens is 354 g/mol. The van der Waals surface area contributed by atoms with Crippen LogP contribution in [0.4, 0.5) is 0 Å². The number of halogens is 1. The Balaban J connectivity index is -0.000000123. The van der Waals surface area contributed by atoms with Crippen molar-refractivity contribution < 1.29 is 37.0 Å². The largest absolute Gasteiger partial charge is 0.480 e. The highest BCUT2D eigenvalue weighted by Gasteiger charge is 2.09. The number of carboxylic acid groups (broad SMARTS) is 1. The molecule has 0 aromatic rings. The topological polar surface area (TPSA) is 184 Å². The molecule has 0 bridgehead atoms. The molecule has 1 unspecified atom stereocenters. The molecule has 23 heavy (non-hydrogen) atoms. The zero-order valence-electron chi connectivity index (χ0n) is 13.8. The van der Waals surface area contributed by atoms with Gasteiger partial charge in [-0.3, -0.25) is 13.9 Å². The minimum absolute atomic E-state index is 0. The molecule has 0 aromatic heterocycles. The number of nitrogens with two attached hydrogens (primary N) is 2. The second kappa shape index (κ2) is 16.3. The lowest BCUT2D eigenvalue weighted by Gasteiger charge is -2.21. The molecule has 0 amide bonds. The summed E-state index contributed by atoms with van der Waals surface area (Å²) in [7, 11) is 1.49. The number of likely N-dealkylation sites (N-methyl/N-ethyl adjacent to an activating group) is 1. The summed E-state index contributed by atoms with van der Waals surface area (Å²) in [6, 6.07) is -0.716. The van der Waals surface area contributed by atoms with Gasteiger partial charge in [-0.15, -0.1) is 12.4 Å². The number of carboxylic acids is 1. The summed E-state index contributed by atoms with van der Waals surface area (Å²) >= 11 is 0. The summed E-state index contributed by atoms with van der Waals surface area (Å²) in [5.74, 6) is -0.933. The highest BCUT2D eigenvalue weighted by Crippen LogP contribution is 1.96. The van der Waals surface area contributed by atoms with Crippen molar-refractivity contribution in [1.29, 1.82) is 0 Å². The first kappa shape index (κ1) is 30.4. The Morgan fingerprint density at radius 3 is 1.74 bits per heavy atom. The molecule has 0 aromatic carbocycles. The smallest absolute Gasteiger partial charge is 0.394 e. The summed E-state index contributed by atoms with van der Waals surface area (Å²) < 4.78 is 32.4. The predicted octanol–water partition coefficient (Wildman–Crippen LogP) is -1.02. The second-order valence-corrected chi connectivity index (χ2v) is 6.31. The molecule has 144 valence electrons. The van der Waals surface area contributed by atoms with Crippen molar-refractivity contribution in [1.82, 2.24) is 0 Å². The zero-order valence-corrected chi connectivity index (χ0v) is 15.4. The third kappa shape index (κ3) is 52.3. The van der Waals surface area contributed by atoms with E-state index in [2.05, 4.69) is 21.1 Å². The Kier molecular flexibility index (Phi) is 21.6. The van der Waals surface area contributed by atoms with Crippen molar-refractivity contribution in [2.45, 2.75) is 25.3 Å². The monoisotopic (exact) mass is 384 g/mol. The minimum Gasteiger partial charge on any atom is -0.480 e. The van der Waals surface area contributed by atoms with E-state index in [0.29, 0.717) is 13.0 Å². The van der Waals surface area contributed by atoms with Crippen molar-refractivity contribution in [3.8, 4) is 0 Å². The molecule has 0 spiro atoms. The molecule has 8 N–H and O–H groups in total. The number of hydrogen-bond acceptors (Lipinski definition) is 6. The van der Waals surface area contributed by atoms with E-state index in [-0.39, 0.29) is 19.0 Å². The molecule has 0 radical (unpaired) electrons. The average molecular weight is 385 g/mol. The van der Waals surface area contributed by atoms with Crippen molar-refractivity contribution in [2.24, 2.45) is 11.5 Å². The number of aliphatic carboxylic acids is 1. The van der Waals surface area contributed by atoms with Crippen LogP contribution in [0, 0.1) is 0 Å². The SMILES string of the molecule is C[N+](C)(C)CCO.Cl.NCCCCC(N)C(=O)O.O=S(=O)(O)O. The van der Waals surface area contributed by atoms with Crippen LogP contribution in [-0.2, 0) is 15.2 Å². The van der Waals surface area contributed by atoms with Crippen molar-refractivity contribution in [3.63, 3.8) is 0 Å². The van der Waals surface area contributed by atoms with Crippen LogP contribution in [0.3, 0.4) is 0 Å². The fourth-order valence-electron chi connectivity index (χ4n) is 0.932. The molecule has 0 saturated heterocycles. The minimum atomic E-state index is -4.67. The van der Waals surface area contributed by atoms with Crippen molar-refractivity contribution >= 4 is 28.8 Å². The number of aliphatic hydroxyl groups is 1. The predicted molar refractivity (Wildman–Crippen MR) is 89.9 cm³/mol. The van der Waals surface area contributed by atoms with Gasteiger partial charge in [0.25, 0.3) is 0 Å². The Morgan fingerprint density at radius 1 is 1.17 bits per heavy atom. The number of hydrogen-bond donors (Lipinski definition) is 6. The van der Waals surface area contributed by atoms with Gasteiger partial charge in [-0.05, 0) is 19.4 Å². The van der Waals surface area contributed by atoms with Gasteiger partial charge in [0.2, 0.25) is 0 Å². The summed E-state index contributed by atoms with van der Waals surface area (Å²) in [6.07, 6.45) is 2.16. The first-order valence-electron chi connectivity index (χ1n) is 6.54. The summed E-state index contributed by atoms with van der Waals surface area (Å²) in [5.41, 5.74) is 10.4. The Labute approximate surface area is 144 Å². The van der Waals surface area contributed by atoms with E-state index < -0.39 is 22.4 Å². The van der Waals surface area contributed by atoms with Crippen LogP contribution in [-0.4, -0.2) is 85.1 Å². The third-order valence-electron chi connectivity index (χ3n) is 2.06. The van der Waals surface area contributed by atoms with E-state index in [1.165, 1.54) is 0 Å². The van der Waals surface area contributed by atoms with Gasteiger partial charge in [-0.2, -0.15) is 8.42 Å². The maximum Gasteiger partial charge on any atom is 0.394 e.